The number of amides is 2. The summed E-state index contributed by atoms with van der Waals surface area (Å²) in [5, 5.41) is 17.1. The number of hydrogen-bond acceptors (Lipinski definition) is 7. The van der Waals surface area contributed by atoms with Crippen LogP contribution in [0, 0.1) is 0 Å². The van der Waals surface area contributed by atoms with Gasteiger partial charge in [0.1, 0.15) is 0 Å². The average molecular weight is 451 g/mol. The number of halogens is 1. The molecule has 0 aliphatic heterocycles. The molecule has 3 rings (SSSR count). The van der Waals surface area contributed by atoms with Crippen molar-refractivity contribution in [3.05, 3.63) is 52.3 Å². The molecule has 0 saturated carbocycles. The van der Waals surface area contributed by atoms with Gasteiger partial charge in [-0.15, -0.1) is 21.5 Å². The van der Waals surface area contributed by atoms with E-state index in [9.17, 15) is 9.59 Å². The second-order valence-corrected chi connectivity index (χ2v) is 8.83. The number of nitrogens with one attached hydrogen (secondary N) is 2. The van der Waals surface area contributed by atoms with E-state index in [1.165, 1.54) is 23.1 Å². The second kappa shape index (κ2) is 9.38. The van der Waals surface area contributed by atoms with Gasteiger partial charge in [-0.25, -0.2) is 4.98 Å². The zero-order valence-corrected chi connectivity index (χ0v) is 18.3. The smallest absolute Gasteiger partial charge is 0.251 e. The average Bonchev–Trinajstić information content (AvgIpc) is 3.32. The predicted octanol–water partition coefficient (Wildman–Crippen LogP) is 3.54. The minimum atomic E-state index is -0.395. The lowest BCUT2D eigenvalue weighted by Gasteiger charge is -2.14. The number of thioether (sulfide) groups is 1. The summed E-state index contributed by atoms with van der Waals surface area (Å²) in [5.41, 5.74) is 0.505. The zero-order chi connectivity index (χ0) is 21.0. The van der Waals surface area contributed by atoms with E-state index < -0.39 is 5.25 Å². The molecule has 2 amide bonds. The maximum atomic E-state index is 12.4. The first-order valence-electron chi connectivity index (χ1n) is 8.68. The van der Waals surface area contributed by atoms with Gasteiger partial charge < -0.3 is 15.2 Å². The molecule has 0 spiro atoms. The van der Waals surface area contributed by atoms with E-state index >= 15 is 0 Å². The normalized spacial score (nSPS) is 13.0. The molecule has 0 aliphatic carbocycles. The molecule has 0 aliphatic rings. The third-order valence-corrected chi connectivity index (χ3v) is 6.10. The van der Waals surface area contributed by atoms with Gasteiger partial charge in [0.25, 0.3) is 5.91 Å². The van der Waals surface area contributed by atoms with Crippen molar-refractivity contribution < 1.29 is 9.59 Å². The van der Waals surface area contributed by atoms with Crippen LogP contribution in [0.3, 0.4) is 0 Å². The van der Waals surface area contributed by atoms with Crippen LogP contribution in [0.4, 0.5) is 5.13 Å². The van der Waals surface area contributed by atoms with Gasteiger partial charge in [0.05, 0.1) is 11.3 Å². The Kier molecular flexibility index (Phi) is 6.88. The fourth-order valence-electron chi connectivity index (χ4n) is 2.46. The molecule has 2 aromatic heterocycles. The Labute approximate surface area is 181 Å². The molecule has 2 atom stereocenters. The quantitative estimate of drug-likeness (QED) is 0.534. The number of anilines is 1. The number of hydrogen-bond donors (Lipinski definition) is 2. The van der Waals surface area contributed by atoms with Crippen LogP contribution in [0.5, 0.6) is 0 Å². The van der Waals surface area contributed by atoms with Crippen LogP contribution in [0.15, 0.2) is 41.0 Å². The number of aromatic nitrogens is 4. The molecule has 3 aromatic rings. The molecular formula is C18H19ClN6O2S2. The Morgan fingerprint density at radius 3 is 2.59 bits per heavy atom. The lowest BCUT2D eigenvalue weighted by Crippen LogP contribution is -2.28. The fraction of sp³-hybridized carbons (Fsp3) is 0.278. The van der Waals surface area contributed by atoms with Crippen molar-refractivity contribution in [1.29, 1.82) is 0 Å². The third kappa shape index (κ3) is 5.34. The molecule has 0 radical (unpaired) electrons. The Balaban J connectivity index is 1.62. The van der Waals surface area contributed by atoms with Gasteiger partial charge in [0.15, 0.2) is 16.1 Å². The van der Waals surface area contributed by atoms with Gasteiger partial charge in [-0.1, -0.05) is 23.4 Å². The van der Waals surface area contributed by atoms with Crippen molar-refractivity contribution in [2.45, 2.75) is 30.3 Å². The third-order valence-electron chi connectivity index (χ3n) is 4.02. The van der Waals surface area contributed by atoms with Crippen LogP contribution in [0.1, 0.15) is 36.1 Å². The molecular weight excluding hydrogens is 432 g/mol. The van der Waals surface area contributed by atoms with Crippen LogP contribution in [0.2, 0.25) is 5.02 Å². The lowest BCUT2D eigenvalue weighted by molar-refractivity contribution is -0.115. The highest BCUT2D eigenvalue weighted by molar-refractivity contribution is 8.00. The predicted molar refractivity (Wildman–Crippen MR) is 114 cm³/mol. The number of rotatable bonds is 7. The van der Waals surface area contributed by atoms with Crippen molar-refractivity contribution in [1.82, 2.24) is 25.1 Å². The SMILES string of the molecule is C[C@H](NC(=O)c1ccc(Cl)cc1)c1nnc(S[C@H](C)C(=O)Nc2nccs2)n1C. The minimum absolute atomic E-state index is 0.168. The highest BCUT2D eigenvalue weighted by Gasteiger charge is 2.22. The molecule has 152 valence electrons. The summed E-state index contributed by atoms with van der Waals surface area (Å²) in [5.74, 6) is 0.184. The summed E-state index contributed by atoms with van der Waals surface area (Å²) in [6, 6.07) is 6.27. The Bertz CT molecular complexity index is 990. The molecule has 0 unspecified atom stereocenters. The summed E-state index contributed by atoms with van der Waals surface area (Å²) in [6.07, 6.45) is 1.63. The standard InChI is InChI=1S/C18H19ClN6O2S2/c1-10(21-16(27)12-4-6-13(19)7-5-12)14-23-24-18(25(14)3)29-11(2)15(26)22-17-20-8-9-28-17/h4-11H,1-3H3,(H,21,27)(H,20,22,26)/t10-,11+/m0/s1. The highest BCUT2D eigenvalue weighted by Crippen LogP contribution is 2.25. The van der Waals surface area contributed by atoms with Crippen LogP contribution in [0.25, 0.3) is 0 Å². The molecule has 11 heteroatoms. The van der Waals surface area contributed by atoms with Crippen molar-refractivity contribution in [3.63, 3.8) is 0 Å². The van der Waals surface area contributed by atoms with Gasteiger partial charge in [-0.2, -0.15) is 0 Å². The van der Waals surface area contributed by atoms with E-state index in [0.29, 0.717) is 26.7 Å². The Morgan fingerprint density at radius 2 is 1.93 bits per heavy atom. The molecule has 8 nitrogen and oxygen atoms in total. The van der Waals surface area contributed by atoms with Crippen LogP contribution >= 0.6 is 34.7 Å². The van der Waals surface area contributed by atoms with Crippen molar-refractivity contribution in [2.75, 3.05) is 5.32 Å². The molecule has 0 saturated heterocycles. The van der Waals surface area contributed by atoms with Gasteiger partial charge in [0.2, 0.25) is 5.91 Å². The summed E-state index contributed by atoms with van der Waals surface area (Å²) in [6.45, 7) is 3.61. The van der Waals surface area contributed by atoms with E-state index in [-0.39, 0.29) is 17.9 Å². The summed E-state index contributed by atoms with van der Waals surface area (Å²) < 4.78 is 1.77. The van der Waals surface area contributed by atoms with Gasteiger partial charge in [0, 0.05) is 29.2 Å². The molecule has 2 N–H and O–H groups in total. The van der Waals surface area contributed by atoms with Crippen molar-refractivity contribution in [3.8, 4) is 0 Å². The van der Waals surface area contributed by atoms with Crippen LogP contribution < -0.4 is 10.6 Å². The Hall–Kier alpha value is -2.43. The second-order valence-electron chi connectivity index (χ2n) is 6.19. The Morgan fingerprint density at radius 1 is 1.21 bits per heavy atom. The maximum Gasteiger partial charge on any atom is 0.251 e. The summed E-state index contributed by atoms with van der Waals surface area (Å²) >= 11 is 8.50. The van der Waals surface area contributed by atoms with E-state index in [2.05, 4.69) is 25.8 Å². The highest BCUT2D eigenvalue weighted by atomic mass is 35.5. The molecule has 0 bridgehead atoms. The largest absolute Gasteiger partial charge is 0.342 e. The number of benzene rings is 1. The van der Waals surface area contributed by atoms with Crippen LogP contribution in [-0.2, 0) is 11.8 Å². The number of thiazole rings is 1. The fourth-order valence-corrected chi connectivity index (χ4v) is 3.94. The van der Waals surface area contributed by atoms with Gasteiger partial charge in [-0.3, -0.25) is 9.59 Å². The minimum Gasteiger partial charge on any atom is -0.342 e. The first-order valence-corrected chi connectivity index (χ1v) is 10.8. The molecule has 2 heterocycles. The number of nitrogens with zero attached hydrogens (tertiary/aromatic N) is 4. The van der Waals surface area contributed by atoms with Crippen LogP contribution in [-0.4, -0.2) is 36.8 Å². The lowest BCUT2D eigenvalue weighted by atomic mass is 10.2. The van der Waals surface area contributed by atoms with Gasteiger partial charge in [-0.05, 0) is 38.1 Å². The van der Waals surface area contributed by atoms with E-state index in [1.807, 2.05) is 6.92 Å². The van der Waals surface area contributed by atoms with Gasteiger partial charge >= 0.3 is 0 Å². The van der Waals surface area contributed by atoms with E-state index in [1.54, 1.807) is 54.4 Å². The zero-order valence-electron chi connectivity index (χ0n) is 15.9. The maximum absolute atomic E-state index is 12.4. The summed E-state index contributed by atoms with van der Waals surface area (Å²) in [4.78, 5) is 28.7. The van der Waals surface area contributed by atoms with E-state index in [0.717, 1.165) is 0 Å². The molecule has 1 aromatic carbocycles. The first-order chi connectivity index (χ1) is 13.8. The first kappa shape index (κ1) is 21.3. The number of carbonyl (C=O) groups is 2. The van der Waals surface area contributed by atoms with Crippen molar-refractivity contribution in [2.24, 2.45) is 7.05 Å². The van der Waals surface area contributed by atoms with E-state index in [4.69, 9.17) is 11.6 Å². The number of carbonyl (C=O) groups excluding carboxylic acids is 2. The summed E-state index contributed by atoms with van der Waals surface area (Å²) in [7, 11) is 1.80. The van der Waals surface area contributed by atoms with Crippen molar-refractivity contribution >= 4 is 51.6 Å². The monoisotopic (exact) mass is 450 g/mol. The topological polar surface area (TPSA) is 102 Å². The molecule has 29 heavy (non-hydrogen) atoms. The molecule has 0 fully saturated rings.